The second kappa shape index (κ2) is 6.20. The lowest BCUT2D eigenvalue weighted by Crippen LogP contribution is -2.38. The van der Waals surface area contributed by atoms with E-state index in [2.05, 4.69) is 0 Å². The molecule has 1 aromatic carbocycles. The van der Waals surface area contributed by atoms with Crippen LogP contribution in [-0.2, 0) is 16.6 Å². The maximum absolute atomic E-state index is 13.4. The molecule has 112 valence electrons. The van der Waals surface area contributed by atoms with Crippen LogP contribution in [0.1, 0.15) is 37.7 Å². The van der Waals surface area contributed by atoms with Gasteiger partial charge in [-0.15, -0.1) is 0 Å². The van der Waals surface area contributed by atoms with Crippen molar-refractivity contribution in [2.24, 2.45) is 5.73 Å². The van der Waals surface area contributed by atoms with E-state index in [1.54, 1.807) is 7.05 Å². The van der Waals surface area contributed by atoms with Gasteiger partial charge in [0.05, 0.1) is 4.90 Å². The number of hydrogen-bond acceptors (Lipinski definition) is 3. The number of hydrogen-bond donors (Lipinski definition) is 1. The SMILES string of the molecule is CN(C1CCCCC1)S(=O)(=O)c1ccc(F)c(CN)c1. The molecule has 1 aliphatic carbocycles. The van der Waals surface area contributed by atoms with Gasteiger partial charge in [-0.05, 0) is 31.0 Å². The zero-order valence-corrected chi connectivity index (χ0v) is 12.5. The van der Waals surface area contributed by atoms with Crippen molar-refractivity contribution in [1.29, 1.82) is 0 Å². The molecule has 4 nitrogen and oxygen atoms in total. The van der Waals surface area contributed by atoms with Gasteiger partial charge in [0.1, 0.15) is 5.82 Å². The summed E-state index contributed by atoms with van der Waals surface area (Å²) in [5.74, 6) is -0.466. The highest BCUT2D eigenvalue weighted by Crippen LogP contribution is 2.27. The van der Waals surface area contributed by atoms with Gasteiger partial charge in [0, 0.05) is 25.2 Å². The summed E-state index contributed by atoms with van der Waals surface area (Å²) in [6.07, 6.45) is 5.06. The molecule has 2 N–H and O–H groups in total. The van der Waals surface area contributed by atoms with E-state index in [0.717, 1.165) is 32.1 Å². The highest BCUT2D eigenvalue weighted by atomic mass is 32.2. The fourth-order valence-electron chi connectivity index (χ4n) is 2.68. The van der Waals surface area contributed by atoms with Crippen molar-refractivity contribution in [2.75, 3.05) is 7.05 Å². The summed E-state index contributed by atoms with van der Waals surface area (Å²) in [6.45, 7) is -0.0116. The van der Waals surface area contributed by atoms with Gasteiger partial charge in [-0.1, -0.05) is 19.3 Å². The van der Waals surface area contributed by atoms with Gasteiger partial charge in [0.15, 0.2) is 0 Å². The first-order chi connectivity index (χ1) is 9.46. The van der Waals surface area contributed by atoms with Crippen LogP contribution in [0.25, 0.3) is 0 Å². The first kappa shape index (κ1) is 15.4. The third kappa shape index (κ3) is 3.02. The van der Waals surface area contributed by atoms with Gasteiger partial charge < -0.3 is 5.73 Å². The van der Waals surface area contributed by atoms with E-state index in [9.17, 15) is 12.8 Å². The van der Waals surface area contributed by atoms with Crippen molar-refractivity contribution in [3.63, 3.8) is 0 Å². The summed E-state index contributed by atoms with van der Waals surface area (Å²) in [6, 6.07) is 3.86. The third-order valence-corrected chi connectivity index (χ3v) is 5.91. The Hall–Kier alpha value is -0.980. The second-order valence-electron chi connectivity index (χ2n) is 5.27. The molecule has 0 unspecified atom stereocenters. The summed E-state index contributed by atoms with van der Waals surface area (Å²) < 4.78 is 40.0. The minimum Gasteiger partial charge on any atom is -0.326 e. The monoisotopic (exact) mass is 300 g/mol. The highest BCUT2D eigenvalue weighted by Gasteiger charge is 2.29. The smallest absolute Gasteiger partial charge is 0.243 e. The van der Waals surface area contributed by atoms with Crippen LogP contribution in [0.3, 0.4) is 0 Å². The van der Waals surface area contributed by atoms with Crippen LogP contribution in [0.15, 0.2) is 23.1 Å². The van der Waals surface area contributed by atoms with Crippen molar-refractivity contribution in [2.45, 2.75) is 49.6 Å². The van der Waals surface area contributed by atoms with Crippen LogP contribution in [0.2, 0.25) is 0 Å². The molecule has 0 radical (unpaired) electrons. The molecule has 1 fully saturated rings. The Labute approximate surface area is 119 Å². The fourth-order valence-corrected chi connectivity index (χ4v) is 4.14. The molecule has 0 saturated heterocycles. The summed E-state index contributed by atoms with van der Waals surface area (Å²) in [5, 5.41) is 0. The zero-order valence-electron chi connectivity index (χ0n) is 11.7. The molecule has 0 spiro atoms. The number of halogens is 1. The summed E-state index contributed by atoms with van der Waals surface area (Å²) >= 11 is 0. The lowest BCUT2D eigenvalue weighted by Gasteiger charge is -2.30. The Morgan fingerprint density at radius 1 is 1.30 bits per heavy atom. The van der Waals surface area contributed by atoms with E-state index < -0.39 is 15.8 Å². The number of nitrogens with zero attached hydrogens (tertiary/aromatic N) is 1. The molecule has 0 heterocycles. The van der Waals surface area contributed by atoms with Gasteiger partial charge in [0.2, 0.25) is 10.0 Å². The highest BCUT2D eigenvalue weighted by molar-refractivity contribution is 7.89. The van der Waals surface area contributed by atoms with Gasteiger partial charge in [-0.3, -0.25) is 0 Å². The van der Waals surface area contributed by atoms with E-state index in [-0.39, 0.29) is 23.0 Å². The Balaban J connectivity index is 2.29. The largest absolute Gasteiger partial charge is 0.326 e. The van der Waals surface area contributed by atoms with Crippen molar-refractivity contribution in [1.82, 2.24) is 4.31 Å². The second-order valence-corrected chi connectivity index (χ2v) is 7.27. The number of sulfonamides is 1. The molecule has 0 aromatic heterocycles. The first-order valence-electron chi connectivity index (χ1n) is 6.93. The van der Waals surface area contributed by atoms with Crippen LogP contribution in [-0.4, -0.2) is 25.8 Å². The molecule has 20 heavy (non-hydrogen) atoms. The molecule has 0 aliphatic heterocycles. The predicted molar refractivity (Wildman–Crippen MR) is 76.1 cm³/mol. The standard InChI is InChI=1S/C14H21FN2O2S/c1-17(12-5-3-2-4-6-12)20(18,19)13-7-8-14(15)11(9-13)10-16/h7-9,12H,2-6,10,16H2,1H3. The third-order valence-electron chi connectivity index (χ3n) is 4.00. The molecule has 0 bridgehead atoms. The van der Waals surface area contributed by atoms with E-state index in [4.69, 9.17) is 5.73 Å². The number of benzene rings is 1. The average molecular weight is 300 g/mol. The van der Waals surface area contributed by atoms with E-state index in [1.807, 2.05) is 0 Å². The number of nitrogens with two attached hydrogens (primary N) is 1. The van der Waals surface area contributed by atoms with E-state index >= 15 is 0 Å². The van der Waals surface area contributed by atoms with Crippen LogP contribution in [0.5, 0.6) is 0 Å². The lowest BCUT2D eigenvalue weighted by atomic mass is 9.96. The minimum atomic E-state index is -3.58. The Morgan fingerprint density at radius 3 is 2.55 bits per heavy atom. The molecule has 6 heteroatoms. The minimum absolute atomic E-state index is 0.0116. The fraction of sp³-hybridized carbons (Fsp3) is 0.571. The van der Waals surface area contributed by atoms with Crippen LogP contribution in [0, 0.1) is 5.82 Å². The van der Waals surface area contributed by atoms with Crippen molar-refractivity contribution < 1.29 is 12.8 Å². The quantitative estimate of drug-likeness (QED) is 0.927. The lowest BCUT2D eigenvalue weighted by molar-refractivity contribution is 0.286. The molecule has 0 amide bonds. The molecule has 1 aliphatic rings. The summed E-state index contributed by atoms with van der Waals surface area (Å²) in [4.78, 5) is 0.118. The van der Waals surface area contributed by atoms with Crippen molar-refractivity contribution >= 4 is 10.0 Å². The topological polar surface area (TPSA) is 63.4 Å². The normalized spacial score (nSPS) is 17.6. The summed E-state index contributed by atoms with van der Waals surface area (Å²) in [5.41, 5.74) is 5.66. The number of rotatable bonds is 4. The maximum Gasteiger partial charge on any atom is 0.243 e. The zero-order chi connectivity index (χ0) is 14.8. The predicted octanol–water partition coefficient (Wildman–Crippen LogP) is 2.24. The Kier molecular flexibility index (Phi) is 4.78. The molecular formula is C14H21FN2O2S. The van der Waals surface area contributed by atoms with Crippen molar-refractivity contribution in [3.05, 3.63) is 29.6 Å². The molecule has 0 atom stereocenters. The summed E-state index contributed by atoms with van der Waals surface area (Å²) in [7, 11) is -1.97. The van der Waals surface area contributed by atoms with Crippen LogP contribution < -0.4 is 5.73 Å². The van der Waals surface area contributed by atoms with E-state index in [0.29, 0.717) is 0 Å². The molecule has 2 rings (SSSR count). The molecule has 1 aromatic rings. The van der Waals surface area contributed by atoms with Crippen LogP contribution in [0.4, 0.5) is 4.39 Å². The van der Waals surface area contributed by atoms with Crippen molar-refractivity contribution in [3.8, 4) is 0 Å². The van der Waals surface area contributed by atoms with Gasteiger partial charge in [0.25, 0.3) is 0 Å². The molecular weight excluding hydrogens is 279 g/mol. The Morgan fingerprint density at radius 2 is 1.95 bits per heavy atom. The average Bonchev–Trinajstić information content (AvgIpc) is 2.47. The maximum atomic E-state index is 13.4. The first-order valence-corrected chi connectivity index (χ1v) is 8.37. The molecule has 1 saturated carbocycles. The van der Waals surface area contributed by atoms with Gasteiger partial charge >= 0.3 is 0 Å². The van der Waals surface area contributed by atoms with Gasteiger partial charge in [-0.2, -0.15) is 4.31 Å². The van der Waals surface area contributed by atoms with E-state index in [1.165, 1.54) is 22.5 Å². The van der Waals surface area contributed by atoms with Crippen LogP contribution >= 0.6 is 0 Å². The Bertz CT molecular complexity index is 569. The van der Waals surface area contributed by atoms with Gasteiger partial charge in [-0.25, -0.2) is 12.8 Å².